The van der Waals surface area contributed by atoms with E-state index in [4.69, 9.17) is 0 Å². The average molecular weight is 286 g/mol. The summed E-state index contributed by atoms with van der Waals surface area (Å²) < 4.78 is 1.00. The van der Waals surface area contributed by atoms with Gasteiger partial charge in [0.15, 0.2) is 0 Å². The lowest BCUT2D eigenvalue weighted by molar-refractivity contribution is 1.06. The molecule has 0 bridgehead atoms. The number of hydrogen-bond donors (Lipinski definition) is 1. The smallest absolute Gasteiger partial charge is 0.258 e. The first kappa shape index (κ1) is 8.68. The van der Waals surface area contributed by atoms with Gasteiger partial charge in [0.05, 0.1) is 10.9 Å². The molecule has 0 aliphatic heterocycles. The van der Waals surface area contributed by atoms with Crippen molar-refractivity contribution in [3.05, 3.63) is 37.9 Å². The molecule has 0 amide bonds. The normalized spacial score (nSPS) is 10.6. The van der Waals surface area contributed by atoms with E-state index in [1.807, 2.05) is 12.1 Å². The molecule has 1 heterocycles. The summed E-state index contributed by atoms with van der Waals surface area (Å²) in [6.07, 6.45) is 0. The third-order valence-corrected chi connectivity index (χ3v) is 2.68. The fourth-order valence-electron chi connectivity index (χ4n) is 1.24. The van der Waals surface area contributed by atoms with Crippen LogP contribution in [0.5, 0.6) is 0 Å². The fourth-order valence-corrected chi connectivity index (χ4v) is 1.86. The molecule has 1 N–H and O–H groups in total. The second-order valence-corrected chi connectivity index (χ2v) is 3.95. The molecule has 3 nitrogen and oxygen atoms in total. The molecule has 13 heavy (non-hydrogen) atoms. The second kappa shape index (κ2) is 3.10. The van der Waals surface area contributed by atoms with Crippen molar-refractivity contribution in [2.24, 2.45) is 0 Å². The predicted molar refractivity (Wildman–Crippen MR) is 59.8 cm³/mol. The van der Waals surface area contributed by atoms with Gasteiger partial charge in [0, 0.05) is 3.57 Å². The number of benzene rings is 1. The van der Waals surface area contributed by atoms with Crippen molar-refractivity contribution < 1.29 is 0 Å². The van der Waals surface area contributed by atoms with Gasteiger partial charge < -0.3 is 4.98 Å². The monoisotopic (exact) mass is 286 g/mol. The highest BCUT2D eigenvalue weighted by atomic mass is 127. The molecule has 0 aliphatic carbocycles. The second-order valence-electron chi connectivity index (χ2n) is 2.79. The minimum atomic E-state index is -0.0685. The van der Waals surface area contributed by atoms with E-state index in [0.717, 1.165) is 9.09 Å². The lowest BCUT2D eigenvalue weighted by atomic mass is 10.2. The van der Waals surface area contributed by atoms with Gasteiger partial charge in [0.25, 0.3) is 5.56 Å². The average Bonchev–Trinajstić information content (AvgIpc) is 2.07. The van der Waals surface area contributed by atoms with Crippen LogP contribution in [-0.4, -0.2) is 9.97 Å². The zero-order valence-corrected chi connectivity index (χ0v) is 9.12. The number of aryl methyl sites for hydroxylation is 1. The Morgan fingerprint density at radius 3 is 3.00 bits per heavy atom. The van der Waals surface area contributed by atoms with E-state index in [2.05, 4.69) is 32.6 Å². The maximum absolute atomic E-state index is 11.5. The standard InChI is InChI=1S/C9H7IN2O/c1-5-11-8-6(9(13)12-5)3-2-4-7(8)10/h2-4H,1H3,(H,11,12,13). The number of halogens is 1. The molecule has 0 aliphatic rings. The Balaban J connectivity index is 3.03. The van der Waals surface area contributed by atoms with Crippen molar-refractivity contribution >= 4 is 33.5 Å². The van der Waals surface area contributed by atoms with Crippen molar-refractivity contribution in [2.75, 3.05) is 0 Å². The molecule has 0 saturated carbocycles. The van der Waals surface area contributed by atoms with Crippen LogP contribution in [0.15, 0.2) is 23.0 Å². The Bertz CT molecular complexity index is 518. The Kier molecular flexibility index (Phi) is 2.07. The number of H-pyrrole nitrogens is 1. The first-order valence-corrected chi connectivity index (χ1v) is 4.91. The topological polar surface area (TPSA) is 45.8 Å². The van der Waals surface area contributed by atoms with Crippen LogP contribution in [0.4, 0.5) is 0 Å². The third kappa shape index (κ3) is 1.46. The molecule has 0 unspecified atom stereocenters. The highest BCUT2D eigenvalue weighted by Gasteiger charge is 2.03. The SMILES string of the molecule is Cc1nc2c(I)cccc2c(=O)[nH]1. The summed E-state index contributed by atoms with van der Waals surface area (Å²) in [5.41, 5.74) is 0.713. The number of nitrogens with one attached hydrogen (secondary N) is 1. The van der Waals surface area contributed by atoms with E-state index >= 15 is 0 Å². The summed E-state index contributed by atoms with van der Waals surface area (Å²) in [5.74, 6) is 0.654. The van der Waals surface area contributed by atoms with Gasteiger partial charge in [0.2, 0.25) is 0 Å². The van der Waals surface area contributed by atoms with Gasteiger partial charge in [-0.1, -0.05) is 6.07 Å². The summed E-state index contributed by atoms with van der Waals surface area (Å²) in [4.78, 5) is 18.4. The van der Waals surface area contributed by atoms with Gasteiger partial charge in [-0.2, -0.15) is 0 Å². The van der Waals surface area contributed by atoms with E-state index < -0.39 is 0 Å². The molecule has 0 spiro atoms. The van der Waals surface area contributed by atoms with Gasteiger partial charge in [-0.05, 0) is 41.6 Å². The van der Waals surface area contributed by atoms with E-state index in [9.17, 15) is 4.79 Å². The molecular weight excluding hydrogens is 279 g/mol. The number of rotatable bonds is 0. The van der Waals surface area contributed by atoms with Gasteiger partial charge in [0.1, 0.15) is 5.82 Å². The summed E-state index contributed by atoms with van der Waals surface area (Å²) >= 11 is 2.18. The Morgan fingerprint density at radius 2 is 2.23 bits per heavy atom. The zero-order valence-electron chi connectivity index (χ0n) is 6.97. The summed E-state index contributed by atoms with van der Waals surface area (Å²) in [6, 6.07) is 5.58. The maximum Gasteiger partial charge on any atom is 0.258 e. The molecular formula is C9H7IN2O. The van der Waals surface area contributed by atoms with Crippen LogP contribution < -0.4 is 5.56 Å². The number of para-hydroxylation sites is 1. The quantitative estimate of drug-likeness (QED) is 0.751. The van der Waals surface area contributed by atoms with E-state index in [-0.39, 0.29) is 5.56 Å². The number of aromatic amines is 1. The van der Waals surface area contributed by atoms with Crippen LogP contribution in [0.1, 0.15) is 5.82 Å². The third-order valence-electron chi connectivity index (χ3n) is 1.81. The molecule has 1 aromatic carbocycles. The molecule has 0 fully saturated rings. The lowest BCUT2D eigenvalue weighted by Gasteiger charge is -1.99. The van der Waals surface area contributed by atoms with Crippen LogP contribution in [0, 0.1) is 10.5 Å². The first-order chi connectivity index (χ1) is 6.18. The predicted octanol–water partition coefficient (Wildman–Crippen LogP) is 1.84. The van der Waals surface area contributed by atoms with Crippen LogP contribution >= 0.6 is 22.6 Å². The Morgan fingerprint density at radius 1 is 1.46 bits per heavy atom. The number of hydrogen-bond acceptors (Lipinski definition) is 2. The molecule has 0 radical (unpaired) electrons. The fraction of sp³-hybridized carbons (Fsp3) is 0.111. The molecule has 0 saturated heterocycles. The van der Waals surface area contributed by atoms with Crippen molar-refractivity contribution in [2.45, 2.75) is 6.92 Å². The van der Waals surface area contributed by atoms with E-state index in [0.29, 0.717) is 11.2 Å². The van der Waals surface area contributed by atoms with Crippen molar-refractivity contribution in [1.29, 1.82) is 0 Å². The van der Waals surface area contributed by atoms with Gasteiger partial charge in [-0.3, -0.25) is 4.79 Å². The lowest BCUT2D eigenvalue weighted by Crippen LogP contribution is -2.09. The molecule has 1 aromatic heterocycles. The molecule has 0 atom stereocenters. The van der Waals surface area contributed by atoms with Crippen LogP contribution in [0.3, 0.4) is 0 Å². The molecule has 66 valence electrons. The van der Waals surface area contributed by atoms with Gasteiger partial charge >= 0.3 is 0 Å². The number of nitrogens with zero attached hydrogens (tertiary/aromatic N) is 1. The largest absolute Gasteiger partial charge is 0.310 e. The maximum atomic E-state index is 11.5. The van der Waals surface area contributed by atoms with Gasteiger partial charge in [-0.15, -0.1) is 0 Å². The molecule has 4 heteroatoms. The summed E-state index contributed by atoms with van der Waals surface area (Å²) in [7, 11) is 0. The van der Waals surface area contributed by atoms with Crippen LogP contribution in [0.25, 0.3) is 10.9 Å². The summed E-state index contributed by atoms with van der Waals surface area (Å²) in [6.45, 7) is 1.78. The Labute approximate surface area is 88.3 Å². The molecule has 2 aromatic rings. The molecule has 2 rings (SSSR count). The number of fused-ring (bicyclic) bond motifs is 1. The number of aromatic nitrogens is 2. The first-order valence-electron chi connectivity index (χ1n) is 3.83. The van der Waals surface area contributed by atoms with E-state index in [1.54, 1.807) is 13.0 Å². The minimum Gasteiger partial charge on any atom is -0.310 e. The van der Waals surface area contributed by atoms with E-state index in [1.165, 1.54) is 0 Å². The minimum absolute atomic E-state index is 0.0685. The highest BCUT2D eigenvalue weighted by molar-refractivity contribution is 14.1. The van der Waals surface area contributed by atoms with Crippen LogP contribution in [-0.2, 0) is 0 Å². The Hall–Kier alpha value is -0.910. The zero-order chi connectivity index (χ0) is 9.42. The van der Waals surface area contributed by atoms with Crippen molar-refractivity contribution in [3.63, 3.8) is 0 Å². The van der Waals surface area contributed by atoms with Crippen molar-refractivity contribution in [3.8, 4) is 0 Å². The summed E-state index contributed by atoms with van der Waals surface area (Å²) in [5, 5.41) is 0.650. The highest BCUT2D eigenvalue weighted by Crippen LogP contribution is 2.14. The van der Waals surface area contributed by atoms with Crippen molar-refractivity contribution in [1.82, 2.24) is 9.97 Å². The van der Waals surface area contributed by atoms with Gasteiger partial charge in [-0.25, -0.2) is 4.98 Å². The van der Waals surface area contributed by atoms with Crippen LogP contribution in [0.2, 0.25) is 0 Å².